The molecule has 0 rings (SSSR count). The molecule has 226 valence electrons. The van der Waals surface area contributed by atoms with Crippen molar-refractivity contribution in [2.45, 2.75) is 200 Å². The third kappa shape index (κ3) is 33.7. The zero-order chi connectivity index (χ0) is 27.9. The van der Waals surface area contributed by atoms with Crippen LogP contribution in [0.1, 0.15) is 200 Å². The Hall–Kier alpha value is -0.437. The van der Waals surface area contributed by atoms with Crippen LogP contribution in [0.25, 0.3) is 0 Å². The Balaban J connectivity index is 0. The van der Waals surface area contributed by atoms with Crippen LogP contribution in [0.3, 0.4) is 0 Å². The van der Waals surface area contributed by atoms with E-state index in [1.807, 2.05) is 0 Å². The second kappa shape index (κ2) is 33.8. The normalized spacial score (nSPS) is 11.8. The Kier molecular flexibility index (Phi) is 35.2. The molecule has 0 bridgehead atoms. The molecule has 0 aliphatic carbocycles. The molecule has 0 amide bonds. The maximum Gasteiger partial charge on any atom is 2.00 e. The fourth-order valence-corrected chi connectivity index (χ4v) is 5.57. The number of hydrogen-bond donors (Lipinski definition) is 0. The van der Waals surface area contributed by atoms with Crippen LogP contribution in [0.2, 0.25) is 0 Å². The first kappa shape index (κ1) is 40.7. The average molecular weight is 602 g/mol. The summed E-state index contributed by atoms with van der Waals surface area (Å²) in [6.45, 7) is 2.27. The Morgan fingerprint density at radius 2 is 0.692 bits per heavy atom. The minimum atomic E-state index is -0.922. The van der Waals surface area contributed by atoms with Gasteiger partial charge in [-0.25, -0.2) is 0 Å². The summed E-state index contributed by atoms with van der Waals surface area (Å²) in [6.07, 6.45) is 35.6. The number of hydrogen-bond acceptors (Lipinski definition) is 4. The number of rotatable bonds is 32. The first-order chi connectivity index (χ1) is 18.6. The number of carbonyl (C=O) groups is 2. The predicted octanol–water partition coefficient (Wildman–Crippen LogP) is 8.82. The molecule has 0 saturated heterocycles. The monoisotopic (exact) mass is 600 g/mol. The second-order valence-electron chi connectivity index (χ2n) is 11.9. The molecular weight excluding hydrogens is 538 g/mol. The number of unbranched alkanes of at least 4 members (excludes halogenated alkanes) is 25. The molecule has 1 unspecified atom stereocenters. The van der Waals surface area contributed by atoms with E-state index in [2.05, 4.69) is 6.92 Å². The van der Waals surface area contributed by atoms with Crippen LogP contribution in [-0.2, 0) is 29.1 Å². The van der Waals surface area contributed by atoms with E-state index < -0.39 is 11.9 Å². The van der Waals surface area contributed by atoms with E-state index in [0.29, 0.717) is 0 Å². The molecule has 0 saturated carbocycles. The van der Waals surface area contributed by atoms with Gasteiger partial charge in [0.1, 0.15) is 0 Å². The molecule has 4 nitrogen and oxygen atoms in total. The van der Waals surface area contributed by atoms with Gasteiger partial charge in [0.25, 0.3) is 0 Å². The van der Waals surface area contributed by atoms with Gasteiger partial charge in [-0.3, -0.25) is 0 Å². The van der Waals surface area contributed by atoms with E-state index >= 15 is 0 Å². The Bertz CT molecular complexity index is 511. The van der Waals surface area contributed by atoms with E-state index in [9.17, 15) is 19.8 Å². The van der Waals surface area contributed by atoms with Gasteiger partial charge >= 0.3 is 19.5 Å². The van der Waals surface area contributed by atoms with E-state index in [-0.39, 0.29) is 31.8 Å². The Morgan fingerprint density at radius 1 is 0.436 bits per heavy atom. The van der Waals surface area contributed by atoms with Crippen molar-refractivity contribution in [3.8, 4) is 0 Å². The molecular formula is C34H64O4Zn. The molecule has 0 heterocycles. The number of carboxylic acid groups (broad SMARTS) is 2. The quantitative estimate of drug-likeness (QED) is 0.0570. The molecule has 0 aromatic rings. The van der Waals surface area contributed by atoms with E-state index in [0.717, 1.165) is 51.4 Å². The van der Waals surface area contributed by atoms with Crippen LogP contribution in [0, 0.1) is 5.92 Å². The molecule has 0 radical (unpaired) electrons. The first-order valence-electron chi connectivity index (χ1n) is 17.0. The smallest absolute Gasteiger partial charge is 0.550 e. The summed E-state index contributed by atoms with van der Waals surface area (Å²) in [7, 11) is 0. The maximum absolute atomic E-state index is 11.5. The van der Waals surface area contributed by atoms with Crippen molar-refractivity contribution in [1.82, 2.24) is 0 Å². The summed E-state index contributed by atoms with van der Waals surface area (Å²) in [5.41, 5.74) is 0. The van der Waals surface area contributed by atoms with Crippen LogP contribution in [0.15, 0.2) is 0 Å². The van der Waals surface area contributed by atoms with Crippen LogP contribution in [0.5, 0.6) is 0 Å². The van der Waals surface area contributed by atoms with Gasteiger partial charge < -0.3 is 19.8 Å². The summed E-state index contributed by atoms with van der Waals surface area (Å²) in [6, 6.07) is 0. The van der Waals surface area contributed by atoms with Crippen molar-refractivity contribution in [2.24, 2.45) is 5.92 Å². The number of carboxylic acids is 2. The zero-order valence-corrected chi connectivity index (χ0v) is 29.1. The van der Waals surface area contributed by atoms with Crippen molar-refractivity contribution in [3.05, 3.63) is 0 Å². The van der Waals surface area contributed by atoms with E-state index in [1.165, 1.54) is 135 Å². The van der Waals surface area contributed by atoms with Gasteiger partial charge in [0.15, 0.2) is 0 Å². The Labute approximate surface area is 256 Å². The molecule has 0 aliphatic rings. The third-order valence-electron chi connectivity index (χ3n) is 8.17. The second-order valence-corrected chi connectivity index (χ2v) is 11.9. The molecule has 0 fully saturated rings. The standard InChI is InChI=1S/C34H66O4.Zn/c1-2-3-4-5-6-7-8-14-17-20-23-26-29-32(34(37)38)30-27-24-21-18-15-12-10-9-11-13-16-19-22-25-28-31-33(35)36;/h32H,2-31H2,1H3,(H,35,36)(H,37,38);/q;+2/p-2. The molecule has 0 aromatic carbocycles. The van der Waals surface area contributed by atoms with Crippen molar-refractivity contribution in [2.75, 3.05) is 0 Å². The number of aliphatic carboxylic acids is 2. The van der Waals surface area contributed by atoms with Crippen molar-refractivity contribution in [1.29, 1.82) is 0 Å². The van der Waals surface area contributed by atoms with Crippen molar-refractivity contribution in [3.63, 3.8) is 0 Å². The van der Waals surface area contributed by atoms with Crippen LogP contribution in [-0.4, -0.2) is 11.9 Å². The molecule has 0 N–H and O–H groups in total. The fraction of sp³-hybridized carbons (Fsp3) is 0.941. The molecule has 0 aromatic heterocycles. The average Bonchev–Trinajstić information content (AvgIpc) is 2.89. The van der Waals surface area contributed by atoms with Gasteiger partial charge in [0.2, 0.25) is 0 Å². The molecule has 5 heteroatoms. The summed E-state index contributed by atoms with van der Waals surface area (Å²) >= 11 is 0. The molecule has 1 atom stereocenters. The van der Waals surface area contributed by atoms with Gasteiger partial charge in [-0.05, 0) is 31.6 Å². The maximum atomic E-state index is 11.5. The largest absolute Gasteiger partial charge is 2.00 e. The van der Waals surface area contributed by atoms with Gasteiger partial charge in [-0.2, -0.15) is 0 Å². The van der Waals surface area contributed by atoms with Crippen molar-refractivity contribution >= 4 is 11.9 Å². The molecule has 39 heavy (non-hydrogen) atoms. The minimum absolute atomic E-state index is 0. The van der Waals surface area contributed by atoms with Gasteiger partial charge in [0, 0.05) is 11.9 Å². The van der Waals surface area contributed by atoms with Crippen LogP contribution in [0.4, 0.5) is 0 Å². The summed E-state index contributed by atoms with van der Waals surface area (Å²) < 4.78 is 0. The molecule has 0 spiro atoms. The SMILES string of the molecule is CCCCCCCCCCCCCCC(CCCCCCCCCCCCCCCCCC(=O)[O-])C(=O)[O-].[Zn+2]. The van der Waals surface area contributed by atoms with E-state index in [1.54, 1.807) is 0 Å². The van der Waals surface area contributed by atoms with Crippen LogP contribution >= 0.6 is 0 Å². The zero-order valence-electron chi connectivity index (χ0n) is 26.1. The minimum Gasteiger partial charge on any atom is -0.550 e. The van der Waals surface area contributed by atoms with Gasteiger partial charge in [-0.1, -0.05) is 174 Å². The number of carbonyl (C=O) groups excluding carboxylic acids is 2. The Morgan fingerprint density at radius 3 is 0.949 bits per heavy atom. The van der Waals surface area contributed by atoms with Crippen molar-refractivity contribution < 1.29 is 39.3 Å². The first-order valence-corrected chi connectivity index (χ1v) is 17.0. The predicted molar refractivity (Wildman–Crippen MR) is 158 cm³/mol. The summed E-state index contributed by atoms with van der Waals surface area (Å²) in [5, 5.41) is 21.9. The third-order valence-corrected chi connectivity index (χ3v) is 8.17. The van der Waals surface area contributed by atoms with Gasteiger partial charge in [0.05, 0.1) is 0 Å². The molecule has 0 aliphatic heterocycles. The fourth-order valence-electron chi connectivity index (χ4n) is 5.57. The van der Waals surface area contributed by atoms with Crippen LogP contribution < -0.4 is 10.2 Å². The van der Waals surface area contributed by atoms with Gasteiger partial charge in [-0.15, -0.1) is 0 Å². The van der Waals surface area contributed by atoms with E-state index in [4.69, 9.17) is 0 Å². The topological polar surface area (TPSA) is 80.3 Å². The summed E-state index contributed by atoms with van der Waals surface area (Å²) in [4.78, 5) is 21.9. The summed E-state index contributed by atoms with van der Waals surface area (Å²) in [5.74, 6) is -1.99.